The van der Waals surface area contributed by atoms with Gasteiger partial charge in [-0.1, -0.05) is 42.7 Å². The van der Waals surface area contributed by atoms with Crippen molar-refractivity contribution in [2.45, 2.75) is 51.1 Å². The fraction of sp³-hybridized carbons (Fsp3) is 0.632. The SMILES string of the molecule is Cc1cccc(C2CCCCCN2C(=O)CC2COCCN2)c1.Cl. The molecule has 5 heteroatoms. The Bertz CT molecular complexity index is 532. The van der Waals surface area contributed by atoms with Gasteiger partial charge in [0, 0.05) is 25.6 Å². The van der Waals surface area contributed by atoms with Crippen LogP contribution in [0.4, 0.5) is 0 Å². The summed E-state index contributed by atoms with van der Waals surface area (Å²) in [6.45, 7) is 5.24. The van der Waals surface area contributed by atoms with Crippen molar-refractivity contribution in [3.8, 4) is 0 Å². The first-order chi connectivity index (χ1) is 11.2. The van der Waals surface area contributed by atoms with Gasteiger partial charge in [-0.2, -0.15) is 0 Å². The van der Waals surface area contributed by atoms with E-state index in [4.69, 9.17) is 4.74 Å². The second-order valence-corrected chi connectivity index (χ2v) is 6.80. The molecule has 2 fully saturated rings. The van der Waals surface area contributed by atoms with Gasteiger partial charge in [0.25, 0.3) is 0 Å². The number of morpholine rings is 1. The lowest BCUT2D eigenvalue weighted by molar-refractivity contribution is -0.135. The smallest absolute Gasteiger partial charge is 0.224 e. The van der Waals surface area contributed by atoms with E-state index in [2.05, 4.69) is 41.4 Å². The molecule has 0 bridgehead atoms. The largest absolute Gasteiger partial charge is 0.378 e. The number of hydrogen-bond donors (Lipinski definition) is 1. The Labute approximate surface area is 151 Å². The Morgan fingerprint density at radius 1 is 1.33 bits per heavy atom. The molecule has 0 spiro atoms. The highest BCUT2D eigenvalue weighted by Crippen LogP contribution is 2.31. The van der Waals surface area contributed by atoms with E-state index in [0.29, 0.717) is 13.0 Å². The third kappa shape index (κ3) is 4.95. The molecule has 0 radical (unpaired) electrons. The van der Waals surface area contributed by atoms with Gasteiger partial charge in [-0.05, 0) is 25.3 Å². The number of nitrogens with one attached hydrogen (secondary N) is 1. The highest BCUT2D eigenvalue weighted by Gasteiger charge is 2.28. The lowest BCUT2D eigenvalue weighted by atomic mass is 9.98. The quantitative estimate of drug-likeness (QED) is 0.908. The van der Waals surface area contributed by atoms with E-state index in [1.807, 2.05) is 0 Å². The lowest BCUT2D eigenvalue weighted by Crippen LogP contribution is -2.45. The molecule has 4 nitrogen and oxygen atoms in total. The standard InChI is InChI=1S/C19H28N2O2.ClH/c1-15-6-5-7-16(12-15)18-8-3-2-4-10-21(18)19(22)13-17-14-23-11-9-20-17;/h5-7,12,17-18,20H,2-4,8-11,13-14H2,1H3;1H. The van der Waals surface area contributed by atoms with Crippen LogP contribution in [0.1, 0.15) is 49.3 Å². The zero-order chi connectivity index (χ0) is 16.1. The van der Waals surface area contributed by atoms with Gasteiger partial charge in [0.05, 0.1) is 19.3 Å². The van der Waals surface area contributed by atoms with Gasteiger partial charge in [0.2, 0.25) is 5.91 Å². The van der Waals surface area contributed by atoms with Gasteiger partial charge in [-0.3, -0.25) is 4.79 Å². The predicted molar refractivity (Wildman–Crippen MR) is 98.6 cm³/mol. The summed E-state index contributed by atoms with van der Waals surface area (Å²) in [5.41, 5.74) is 2.55. The highest BCUT2D eigenvalue weighted by atomic mass is 35.5. The van der Waals surface area contributed by atoms with Crippen molar-refractivity contribution in [1.82, 2.24) is 10.2 Å². The Morgan fingerprint density at radius 2 is 2.21 bits per heavy atom. The Kier molecular flexibility index (Phi) is 7.53. The van der Waals surface area contributed by atoms with E-state index in [9.17, 15) is 4.79 Å². The third-order valence-corrected chi connectivity index (χ3v) is 4.92. The van der Waals surface area contributed by atoms with Gasteiger partial charge in [0.1, 0.15) is 0 Å². The number of amides is 1. The zero-order valence-electron chi connectivity index (χ0n) is 14.5. The molecule has 2 atom stereocenters. The summed E-state index contributed by atoms with van der Waals surface area (Å²) in [7, 11) is 0. The number of hydrogen-bond acceptors (Lipinski definition) is 3. The van der Waals surface area contributed by atoms with Gasteiger partial charge in [0.15, 0.2) is 0 Å². The number of carbonyl (C=O) groups excluding carboxylic acids is 1. The minimum absolute atomic E-state index is 0. The lowest BCUT2D eigenvalue weighted by Gasteiger charge is -2.33. The second-order valence-electron chi connectivity index (χ2n) is 6.80. The van der Waals surface area contributed by atoms with Crippen molar-refractivity contribution in [3.05, 3.63) is 35.4 Å². The minimum atomic E-state index is 0. The monoisotopic (exact) mass is 352 g/mol. The van der Waals surface area contributed by atoms with Crippen LogP contribution in [0.5, 0.6) is 0 Å². The molecule has 3 rings (SSSR count). The highest BCUT2D eigenvalue weighted by molar-refractivity contribution is 5.85. The maximum absolute atomic E-state index is 12.9. The van der Waals surface area contributed by atoms with Crippen molar-refractivity contribution in [2.75, 3.05) is 26.3 Å². The van der Waals surface area contributed by atoms with Crippen LogP contribution >= 0.6 is 12.4 Å². The molecule has 2 saturated heterocycles. The number of aryl methyl sites for hydroxylation is 1. The van der Waals surface area contributed by atoms with Crippen molar-refractivity contribution in [1.29, 1.82) is 0 Å². The normalized spacial score (nSPS) is 24.8. The van der Waals surface area contributed by atoms with Crippen LogP contribution in [0, 0.1) is 6.92 Å². The second kappa shape index (κ2) is 9.40. The molecule has 0 aromatic heterocycles. The number of halogens is 1. The molecular weight excluding hydrogens is 324 g/mol. The van der Waals surface area contributed by atoms with E-state index in [0.717, 1.165) is 32.5 Å². The summed E-state index contributed by atoms with van der Waals surface area (Å²) in [6.07, 6.45) is 5.15. The van der Waals surface area contributed by atoms with Crippen LogP contribution in [0.25, 0.3) is 0 Å². The Morgan fingerprint density at radius 3 is 2.96 bits per heavy atom. The molecule has 2 aliphatic rings. The summed E-state index contributed by atoms with van der Waals surface area (Å²) in [6, 6.07) is 9.03. The summed E-state index contributed by atoms with van der Waals surface area (Å²) < 4.78 is 5.49. The molecule has 1 amide bonds. The average Bonchev–Trinajstić information content (AvgIpc) is 2.82. The fourth-order valence-corrected chi connectivity index (χ4v) is 3.71. The van der Waals surface area contributed by atoms with E-state index in [-0.39, 0.29) is 30.4 Å². The minimum Gasteiger partial charge on any atom is -0.378 e. The van der Waals surface area contributed by atoms with Crippen LogP contribution in [0.15, 0.2) is 24.3 Å². The van der Waals surface area contributed by atoms with E-state index in [1.54, 1.807) is 0 Å². The first-order valence-electron chi connectivity index (χ1n) is 8.91. The van der Waals surface area contributed by atoms with Gasteiger partial charge >= 0.3 is 0 Å². The molecule has 1 aromatic carbocycles. The number of carbonyl (C=O) groups is 1. The molecule has 2 aliphatic heterocycles. The van der Waals surface area contributed by atoms with Crippen LogP contribution in [-0.4, -0.2) is 43.2 Å². The average molecular weight is 353 g/mol. The first kappa shape index (κ1) is 19.2. The molecule has 2 unspecified atom stereocenters. The van der Waals surface area contributed by atoms with Gasteiger partial charge < -0.3 is 15.0 Å². The van der Waals surface area contributed by atoms with E-state index < -0.39 is 0 Å². The van der Waals surface area contributed by atoms with Crippen molar-refractivity contribution in [3.63, 3.8) is 0 Å². The molecule has 1 N–H and O–H groups in total. The number of ether oxygens (including phenoxy) is 1. The molecular formula is C19H29ClN2O2. The summed E-state index contributed by atoms with van der Waals surface area (Å²) in [5.74, 6) is 0.265. The van der Waals surface area contributed by atoms with Crippen LogP contribution < -0.4 is 5.32 Å². The number of nitrogens with zero attached hydrogens (tertiary/aromatic N) is 1. The number of rotatable bonds is 3. The maximum Gasteiger partial charge on any atom is 0.224 e. The predicted octanol–water partition coefficient (Wildman–Crippen LogP) is 3.24. The van der Waals surface area contributed by atoms with Crippen molar-refractivity contribution >= 4 is 18.3 Å². The van der Waals surface area contributed by atoms with Crippen LogP contribution in [0.3, 0.4) is 0 Å². The molecule has 134 valence electrons. The Hall–Kier alpha value is -1.10. The topological polar surface area (TPSA) is 41.6 Å². The van der Waals surface area contributed by atoms with Gasteiger partial charge in [-0.15, -0.1) is 12.4 Å². The molecule has 0 saturated carbocycles. The molecule has 2 heterocycles. The zero-order valence-corrected chi connectivity index (χ0v) is 15.3. The van der Waals surface area contributed by atoms with E-state index >= 15 is 0 Å². The number of benzene rings is 1. The summed E-state index contributed by atoms with van der Waals surface area (Å²) >= 11 is 0. The van der Waals surface area contributed by atoms with Crippen molar-refractivity contribution < 1.29 is 9.53 Å². The van der Waals surface area contributed by atoms with Crippen LogP contribution in [-0.2, 0) is 9.53 Å². The molecule has 0 aliphatic carbocycles. The molecule has 24 heavy (non-hydrogen) atoms. The fourth-order valence-electron chi connectivity index (χ4n) is 3.71. The van der Waals surface area contributed by atoms with Gasteiger partial charge in [-0.25, -0.2) is 0 Å². The summed E-state index contributed by atoms with van der Waals surface area (Å²) in [5, 5.41) is 3.40. The maximum atomic E-state index is 12.9. The molecule has 1 aromatic rings. The van der Waals surface area contributed by atoms with Crippen LogP contribution in [0.2, 0.25) is 0 Å². The first-order valence-corrected chi connectivity index (χ1v) is 8.91. The summed E-state index contributed by atoms with van der Waals surface area (Å²) in [4.78, 5) is 15.0. The van der Waals surface area contributed by atoms with Crippen molar-refractivity contribution in [2.24, 2.45) is 0 Å². The number of likely N-dealkylation sites (tertiary alicyclic amines) is 1. The van der Waals surface area contributed by atoms with E-state index in [1.165, 1.54) is 24.0 Å². The Balaban J connectivity index is 0.00000208. The third-order valence-electron chi connectivity index (χ3n) is 4.92.